The minimum absolute atomic E-state index is 0. The van der Waals surface area contributed by atoms with Gasteiger partial charge in [-0.05, 0) is 36.8 Å². The van der Waals surface area contributed by atoms with Crippen molar-refractivity contribution in [3.05, 3.63) is 23.8 Å². The number of methoxy groups -OCH3 is 2. The molecule has 2 atom stereocenters. The van der Waals surface area contributed by atoms with Crippen LogP contribution in [0.4, 0.5) is 0 Å². The molecule has 3 heterocycles. The summed E-state index contributed by atoms with van der Waals surface area (Å²) in [6.07, 6.45) is 1.46. The number of amides is 2. The predicted molar refractivity (Wildman–Crippen MR) is 112 cm³/mol. The lowest BCUT2D eigenvalue weighted by atomic mass is 9.94. The number of ether oxygens (including phenoxy) is 2. The second-order valence-electron chi connectivity index (χ2n) is 8.09. The molecule has 0 saturated carbocycles. The first-order chi connectivity index (χ1) is 13.6. The van der Waals surface area contributed by atoms with Gasteiger partial charge in [0.05, 0.1) is 14.2 Å². The van der Waals surface area contributed by atoms with Crippen molar-refractivity contribution in [3.8, 4) is 11.5 Å². The van der Waals surface area contributed by atoms with E-state index in [0.29, 0.717) is 42.0 Å². The summed E-state index contributed by atoms with van der Waals surface area (Å²) in [7, 11) is 3.14. The SMILES string of the molecule is COc1cc(OC)cc(C(=O)N2CCC(C(=O)N3C[C@H]4CNC[C@H]4C3)CC2)c1.Cl. The summed E-state index contributed by atoms with van der Waals surface area (Å²) in [6.45, 7) is 5.06. The molecule has 3 aliphatic rings. The molecule has 0 unspecified atom stereocenters. The Morgan fingerprint density at radius 3 is 2.00 bits per heavy atom. The Kier molecular flexibility index (Phi) is 6.90. The first-order valence-electron chi connectivity index (χ1n) is 10.1. The maximum absolute atomic E-state index is 12.9. The third-order valence-corrected chi connectivity index (χ3v) is 6.43. The summed E-state index contributed by atoms with van der Waals surface area (Å²) in [5.74, 6) is 2.72. The highest BCUT2D eigenvalue weighted by Crippen LogP contribution is 2.30. The van der Waals surface area contributed by atoms with Gasteiger partial charge in [-0.1, -0.05) is 0 Å². The van der Waals surface area contributed by atoms with Crippen LogP contribution in [-0.2, 0) is 4.79 Å². The summed E-state index contributed by atoms with van der Waals surface area (Å²) < 4.78 is 10.5. The van der Waals surface area contributed by atoms with Gasteiger partial charge < -0.3 is 24.6 Å². The molecule has 0 spiro atoms. The number of hydrogen-bond donors (Lipinski definition) is 1. The van der Waals surface area contributed by atoms with Crippen molar-refractivity contribution >= 4 is 24.2 Å². The lowest BCUT2D eigenvalue weighted by Gasteiger charge is -2.33. The molecule has 3 aliphatic heterocycles. The molecular weight excluding hydrogens is 394 g/mol. The van der Waals surface area contributed by atoms with Crippen LogP contribution in [0.5, 0.6) is 11.5 Å². The zero-order valence-electron chi connectivity index (χ0n) is 17.1. The number of nitrogens with zero attached hydrogens (tertiary/aromatic N) is 2. The molecule has 7 nitrogen and oxygen atoms in total. The first kappa shape index (κ1) is 21.7. The van der Waals surface area contributed by atoms with E-state index >= 15 is 0 Å². The Morgan fingerprint density at radius 1 is 0.931 bits per heavy atom. The van der Waals surface area contributed by atoms with Crippen molar-refractivity contribution in [3.63, 3.8) is 0 Å². The third kappa shape index (κ3) is 4.46. The molecule has 4 rings (SSSR count). The van der Waals surface area contributed by atoms with Crippen molar-refractivity contribution in [1.82, 2.24) is 15.1 Å². The van der Waals surface area contributed by atoms with Crippen LogP contribution >= 0.6 is 12.4 Å². The van der Waals surface area contributed by atoms with Gasteiger partial charge in [0, 0.05) is 56.8 Å². The maximum atomic E-state index is 12.9. The van der Waals surface area contributed by atoms with Gasteiger partial charge in [-0.25, -0.2) is 0 Å². The smallest absolute Gasteiger partial charge is 0.254 e. The number of carbonyl (C=O) groups excluding carboxylic acids is 2. The molecule has 0 aromatic heterocycles. The van der Waals surface area contributed by atoms with E-state index in [1.807, 2.05) is 4.90 Å². The van der Waals surface area contributed by atoms with Crippen molar-refractivity contribution in [2.45, 2.75) is 12.8 Å². The number of piperidine rings is 1. The lowest BCUT2D eigenvalue weighted by molar-refractivity contribution is -0.136. The second-order valence-corrected chi connectivity index (χ2v) is 8.09. The first-order valence-corrected chi connectivity index (χ1v) is 10.1. The largest absolute Gasteiger partial charge is 0.497 e. The van der Waals surface area contributed by atoms with E-state index in [2.05, 4.69) is 10.2 Å². The zero-order valence-corrected chi connectivity index (χ0v) is 17.9. The fourth-order valence-electron chi connectivity index (χ4n) is 4.74. The van der Waals surface area contributed by atoms with E-state index in [1.165, 1.54) is 0 Å². The molecule has 1 aromatic carbocycles. The molecule has 160 valence electrons. The Bertz CT molecular complexity index is 717. The monoisotopic (exact) mass is 423 g/mol. The summed E-state index contributed by atoms with van der Waals surface area (Å²) in [5, 5.41) is 3.41. The fourth-order valence-corrected chi connectivity index (χ4v) is 4.74. The molecule has 2 amide bonds. The van der Waals surface area contributed by atoms with Gasteiger partial charge >= 0.3 is 0 Å². The van der Waals surface area contributed by atoms with Crippen LogP contribution in [0.2, 0.25) is 0 Å². The van der Waals surface area contributed by atoms with Crippen molar-refractivity contribution in [2.75, 3.05) is 53.5 Å². The average Bonchev–Trinajstić information content (AvgIpc) is 3.34. The Morgan fingerprint density at radius 2 is 1.48 bits per heavy atom. The second kappa shape index (κ2) is 9.22. The van der Waals surface area contributed by atoms with Gasteiger partial charge in [-0.2, -0.15) is 0 Å². The van der Waals surface area contributed by atoms with E-state index in [1.54, 1.807) is 32.4 Å². The molecule has 3 fully saturated rings. The number of likely N-dealkylation sites (tertiary alicyclic amines) is 2. The summed E-state index contributed by atoms with van der Waals surface area (Å²) in [6, 6.07) is 5.22. The van der Waals surface area contributed by atoms with Gasteiger partial charge in [0.1, 0.15) is 11.5 Å². The minimum atomic E-state index is -0.0372. The van der Waals surface area contributed by atoms with Crippen LogP contribution in [0.1, 0.15) is 23.2 Å². The minimum Gasteiger partial charge on any atom is -0.497 e. The molecule has 1 aromatic rings. The highest BCUT2D eigenvalue weighted by atomic mass is 35.5. The number of rotatable bonds is 4. The Balaban J connectivity index is 0.00000240. The molecular formula is C21H30ClN3O4. The number of halogens is 1. The topological polar surface area (TPSA) is 71.1 Å². The van der Waals surface area contributed by atoms with Crippen LogP contribution in [0.3, 0.4) is 0 Å². The van der Waals surface area contributed by atoms with Crippen LogP contribution < -0.4 is 14.8 Å². The van der Waals surface area contributed by atoms with Crippen LogP contribution in [-0.4, -0.2) is 75.1 Å². The van der Waals surface area contributed by atoms with Gasteiger partial charge in [0.15, 0.2) is 0 Å². The van der Waals surface area contributed by atoms with E-state index < -0.39 is 0 Å². The van der Waals surface area contributed by atoms with Crippen LogP contribution in [0, 0.1) is 17.8 Å². The van der Waals surface area contributed by atoms with Gasteiger partial charge in [-0.15, -0.1) is 12.4 Å². The standard InChI is InChI=1S/C21H29N3O4.ClH/c1-27-18-7-15(8-19(9-18)28-2)21(26)23-5-3-14(4-6-23)20(25)24-12-16-10-22-11-17(16)13-24;/h7-9,14,16-17,22H,3-6,10-13H2,1-2H3;1H/t16-,17+;. The van der Waals surface area contributed by atoms with Crippen LogP contribution in [0.25, 0.3) is 0 Å². The van der Waals surface area contributed by atoms with E-state index in [9.17, 15) is 9.59 Å². The Hall–Kier alpha value is -1.99. The summed E-state index contributed by atoms with van der Waals surface area (Å²) in [5.41, 5.74) is 0.556. The summed E-state index contributed by atoms with van der Waals surface area (Å²) >= 11 is 0. The van der Waals surface area contributed by atoms with Gasteiger partial charge in [0.25, 0.3) is 5.91 Å². The third-order valence-electron chi connectivity index (χ3n) is 6.43. The molecule has 8 heteroatoms. The molecule has 1 N–H and O–H groups in total. The van der Waals surface area contributed by atoms with E-state index in [4.69, 9.17) is 9.47 Å². The molecule has 0 bridgehead atoms. The van der Waals surface area contributed by atoms with Crippen molar-refractivity contribution in [2.24, 2.45) is 17.8 Å². The number of benzene rings is 1. The number of hydrogen-bond acceptors (Lipinski definition) is 5. The Labute approximate surface area is 178 Å². The normalized spacial score (nSPS) is 24.1. The van der Waals surface area contributed by atoms with E-state index in [-0.39, 0.29) is 30.1 Å². The predicted octanol–water partition coefficient (Wildman–Crippen LogP) is 1.66. The molecule has 0 radical (unpaired) electrons. The molecule has 0 aliphatic carbocycles. The van der Waals surface area contributed by atoms with E-state index in [0.717, 1.165) is 39.0 Å². The fraction of sp³-hybridized carbons (Fsp3) is 0.619. The van der Waals surface area contributed by atoms with Crippen molar-refractivity contribution in [1.29, 1.82) is 0 Å². The van der Waals surface area contributed by atoms with Gasteiger partial charge in [0.2, 0.25) is 5.91 Å². The van der Waals surface area contributed by atoms with Gasteiger partial charge in [-0.3, -0.25) is 9.59 Å². The van der Waals surface area contributed by atoms with Crippen LogP contribution in [0.15, 0.2) is 18.2 Å². The average molecular weight is 424 g/mol. The molecule has 3 saturated heterocycles. The zero-order chi connectivity index (χ0) is 19.7. The quantitative estimate of drug-likeness (QED) is 0.797. The highest BCUT2D eigenvalue weighted by molar-refractivity contribution is 5.95. The lowest BCUT2D eigenvalue weighted by Crippen LogP contribution is -2.44. The van der Waals surface area contributed by atoms with Crippen molar-refractivity contribution < 1.29 is 19.1 Å². The number of carbonyl (C=O) groups is 2. The molecule has 29 heavy (non-hydrogen) atoms. The summed E-state index contributed by atoms with van der Waals surface area (Å²) in [4.78, 5) is 29.7. The number of fused-ring (bicyclic) bond motifs is 1. The maximum Gasteiger partial charge on any atom is 0.254 e. The number of nitrogens with one attached hydrogen (secondary N) is 1. The highest BCUT2D eigenvalue weighted by Gasteiger charge is 2.40.